The van der Waals surface area contributed by atoms with Crippen LogP contribution in [-0.2, 0) is 12.8 Å². The van der Waals surface area contributed by atoms with Crippen molar-refractivity contribution in [3.63, 3.8) is 0 Å². The van der Waals surface area contributed by atoms with Gasteiger partial charge in [-0.2, -0.15) is 0 Å². The predicted octanol–water partition coefficient (Wildman–Crippen LogP) is 4.49. The molecule has 28 heavy (non-hydrogen) atoms. The van der Waals surface area contributed by atoms with Crippen molar-refractivity contribution in [1.82, 2.24) is 4.98 Å². The Morgan fingerprint density at radius 2 is 1.89 bits per heavy atom. The number of thiophene rings is 1. The van der Waals surface area contributed by atoms with Crippen molar-refractivity contribution in [3.8, 4) is 0 Å². The van der Waals surface area contributed by atoms with Crippen LogP contribution in [0.1, 0.15) is 57.0 Å². The summed E-state index contributed by atoms with van der Waals surface area (Å²) in [4.78, 5) is 29.9. The molecule has 0 saturated carbocycles. The number of nitrogen functional groups attached to an aromatic ring is 1. The first kappa shape index (κ1) is 18.4. The highest BCUT2D eigenvalue weighted by molar-refractivity contribution is 7.21. The second-order valence-electron chi connectivity index (χ2n) is 7.05. The van der Waals surface area contributed by atoms with Crippen molar-refractivity contribution in [2.24, 2.45) is 0 Å². The molecule has 144 valence electrons. The highest BCUT2D eigenvalue weighted by Crippen LogP contribution is 2.35. The number of aryl methyl sites for hydroxylation is 2. The number of carbonyl (C=O) groups excluding carboxylic acids is 1. The molecule has 0 radical (unpaired) electrons. The lowest BCUT2D eigenvalue weighted by Crippen LogP contribution is -2.12. The third-order valence-corrected chi connectivity index (χ3v) is 6.19. The largest absolute Gasteiger partial charge is 0.478 e. The van der Waals surface area contributed by atoms with E-state index >= 15 is 0 Å². The molecule has 2 heterocycles. The molecule has 1 amide bonds. The van der Waals surface area contributed by atoms with E-state index in [9.17, 15) is 9.59 Å². The molecule has 1 aliphatic carbocycles. The number of carbonyl (C=O) groups is 2. The lowest BCUT2D eigenvalue weighted by Gasteiger charge is -2.12. The molecule has 0 atom stereocenters. The minimum Gasteiger partial charge on any atom is -0.478 e. The standard InChI is InChI=1S/C21H21N3O3S/c22-17-15-11-12-6-3-1-2-4-9-16(12)24-20(15)28-18(17)19(25)23-14-8-5-7-13(10-14)21(26)27/h5,7-8,10-11H,1-4,6,9,22H2,(H,23,25)(H,26,27). The molecule has 0 bridgehead atoms. The summed E-state index contributed by atoms with van der Waals surface area (Å²) in [7, 11) is 0. The number of aromatic nitrogens is 1. The van der Waals surface area contributed by atoms with Crippen molar-refractivity contribution < 1.29 is 14.7 Å². The molecule has 2 aromatic heterocycles. The van der Waals surface area contributed by atoms with E-state index in [0.29, 0.717) is 16.3 Å². The van der Waals surface area contributed by atoms with Gasteiger partial charge in [0.25, 0.3) is 5.91 Å². The Balaban J connectivity index is 1.66. The number of pyridine rings is 1. The van der Waals surface area contributed by atoms with Crippen LogP contribution in [0.25, 0.3) is 10.2 Å². The van der Waals surface area contributed by atoms with Crippen LogP contribution in [0.3, 0.4) is 0 Å². The molecule has 7 heteroatoms. The van der Waals surface area contributed by atoms with Gasteiger partial charge in [-0.15, -0.1) is 11.3 Å². The molecule has 0 spiro atoms. The number of aromatic carboxylic acids is 1. The van der Waals surface area contributed by atoms with E-state index in [1.54, 1.807) is 12.1 Å². The van der Waals surface area contributed by atoms with Crippen LogP contribution >= 0.6 is 11.3 Å². The summed E-state index contributed by atoms with van der Waals surface area (Å²) in [6, 6.07) is 8.24. The molecular weight excluding hydrogens is 374 g/mol. The molecular formula is C21H21N3O3S. The van der Waals surface area contributed by atoms with Crippen LogP contribution < -0.4 is 11.1 Å². The molecule has 4 rings (SSSR count). The van der Waals surface area contributed by atoms with Crippen molar-refractivity contribution in [3.05, 3.63) is 52.0 Å². The number of nitrogens with zero attached hydrogens (tertiary/aromatic N) is 1. The lowest BCUT2D eigenvalue weighted by molar-refractivity contribution is 0.0696. The Hall–Kier alpha value is -2.93. The maximum absolute atomic E-state index is 12.8. The molecule has 0 unspecified atom stereocenters. The van der Waals surface area contributed by atoms with Gasteiger partial charge in [-0.1, -0.05) is 18.9 Å². The van der Waals surface area contributed by atoms with Gasteiger partial charge in [0, 0.05) is 16.8 Å². The summed E-state index contributed by atoms with van der Waals surface area (Å²) in [5.41, 5.74) is 9.61. The molecule has 0 saturated heterocycles. The van der Waals surface area contributed by atoms with Gasteiger partial charge in [-0.05, 0) is 55.5 Å². The van der Waals surface area contributed by atoms with Gasteiger partial charge in [0.1, 0.15) is 9.71 Å². The number of nitrogens with one attached hydrogen (secondary N) is 1. The first-order valence-electron chi connectivity index (χ1n) is 9.38. The molecule has 3 aromatic rings. The number of rotatable bonds is 3. The van der Waals surface area contributed by atoms with E-state index < -0.39 is 5.97 Å². The fourth-order valence-electron chi connectivity index (χ4n) is 3.60. The third kappa shape index (κ3) is 3.57. The van der Waals surface area contributed by atoms with E-state index in [0.717, 1.165) is 41.6 Å². The summed E-state index contributed by atoms with van der Waals surface area (Å²) in [6.07, 6.45) is 6.72. The number of hydrogen-bond donors (Lipinski definition) is 3. The summed E-state index contributed by atoms with van der Waals surface area (Å²) in [6.45, 7) is 0. The fourth-order valence-corrected chi connectivity index (χ4v) is 4.59. The summed E-state index contributed by atoms with van der Waals surface area (Å²) in [5, 5.41) is 12.7. The zero-order chi connectivity index (χ0) is 19.7. The van der Waals surface area contributed by atoms with Crippen LogP contribution in [0.5, 0.6) is 0 Å². The molecule has 4 N–H and O–H groups in total. The second kappa shape index (κ2) is 7.59. The topological polar surface area (TPSA) is 105 Å². The highest BCUT2D eigenvalue weighted by Gasteiger charge is 2.20. The smallest absolute Gasteiger partial charge is 0.335 e. The average Bonchev–Trinajstić information content (AvgIpc) is 2.98. The van der Waals surface area contributed by atoms with Crippen LogP contribution in [0.4, 0.5) is 11.4 Å². The van der Waals surface area contributed by atoms with E-state index in [4.69, 9.17) is 15.8 Å². The van der Waals surface area contributed by atoms with E-state index in [1.165, 1.54) is 41.9 Å². The average molecular weight is 395 g/mol. The Labute approximate surface area is 166 Å². The number of hydrogen-bond acceptors (Lipinski definition) is 5. The molecule has 6 nitrogen and oxygen atoms in total. The number of carboxylic acid groups (broad SMARTS) is 1. The first-order chi connectivity index (χ1) is 13.5. The number of nitrogens with two attached hydrogens (primary N) is 1. The van der Waals surface area contributed by atoms with Crippen LogP contribution in [-0.4, -0.2) is 22.0 Å². The third-order valence-electron chi connectivity index (χ3n) is 5.07. The zero-order valence-corrected chi connectivity index (χ0v) is 16.1. The Kier molecular flexibility index (Phi) is 5.00. The molecule has 1 aromatic carbocycles. The Morgan fingerprint density at radius 1 is 1.11 bits per heavy atom. The van der Waals surface area contributed by atoms with Gasteiger partial charge in [0.2, 0.25) is 0 Å². The lowest BCUT2D eigenvalue weighted by atomic mass is 9.96. The van der Waals surface area contributed by atoms with Crippen LogP contribution in [0.15, 0.2) is 30.3 Å². The number of amides is 1. The summed E-state index contributed by atoms with van der Waals surface area (Å²) >= 11 is 1.28. The summed E-state index contributed by atoms with van der Waals surface area (Å²) < 4.78 is 0. The second-order valence-corrected chi connectivity index (χ2v) is 8.05. The van der Waals surface area contributed by atoms with Gasteiger partial charge in [0.05, 0.1) is 11.3 Å². The maximum atomic E-state index is 12.8. The van der Waals surface area contributed by atoms with Crippen LogP contribution in [0, 0.1) is 0 Å². The van der Waals surface area contributed by atoms with E-state index in [2.05, 4.69) is 11.4 Å². The number of fused-ring (bicyclic) bond motifs is 2. The quantitative estimate of drug-likeness (QED) is 0.606. The monoisotopic (exact) mass is 395 g/mol. The van der Waals surface area contributed by atoms with E-state index in [-0.39, 0.29) is 11.5 Å². The summed E-state index contributed by atoms with van der Waals surface area (Å²) in [5.74, 6) is -1.39. The number of benzene rings is 1. The van der Waals surface area contributed by atoms with Gasteiger partial charge < -0.3 is 16.2 Å². The van der Waals surface area contributed by atoms with E-state index in [1.807, 2.05) is 0 Å². The van der Waals surface area contributed by atoms with Crippen molar-refractivity contribution in [2.75, 3.05) is 11.1 Å². The van der Waals surface area contributed by atoms with Gasteiger partial charge >= 0.3 is 5.97 Å². The Bertz CT molecular complexity index is 1070. The number of anilines is 2. The number of carboxylic acids is 1. The minimum atomic E-state index is -1.04. The van der Waals surface area contributed by atoms with Gasteiger partial charge in [0.15, 0.2) is 0 Å². The maximum Gasteiger partial charge on any atom is 0.335 e. The van der Waals surface area contributed by atoms with Crippen molar-refractivity contribution in [2.45, 2.75) is 38.5 Å². The van der Waals surface area contributed by atoms with Gasteiger partial charge in [-0.3, -0.25) is 4.79 Å². The predicted molar refractivity (Wildman–Crippen MR) is 111 cm³/mol. The van der Waals surface area contributed by atoms with Crippen LogP contribution in [0.2, 0.25) is 0 Å². The molecule has 0 aliphatic heterocycles. The first-order valence-corrected chi connectivity index (χ1v) is 10.2. The minimum absolute atomic E-state index is 0.114. The normalized spacial score (nSPS) is 14.1. The zero-order valence-electron chi connectivity index (χ0n) is 15.3. The van der Waals surface area contributed by atoms with Gasteiger partial charge in [-0.25, -0.2) is 9.78 Å². The molecule has 1 aliphatic rings. The fraction of sp³-hybridized carbons (Fsp3) is 0.286. The SMILES string of the molecule is Nc1c(C(=O)Nc2cccc(C(=O)O)c2)sc2nc3c(cc12)CCCCCC3. The van der Waals surface area contributed by atoms with Crippen molar-refractivity contribution >= 4 is 44.8 Å². The molecule has 0 fully saturated rings. The highest BCUT2D eigenvalue weighted by atomic mass is 32.1. The van der Waals surface area contributed by atoms with Crippen molar-refractivity contribution in [1.29, 1.82) is 0 Å². The Morgan fingerprint density at radius 3 is 2.68 bits per heavy atom.